The molecule has 0 aliphatic rings. The van der Waals surface area contributed by atoms with Crippen LogP contribution in [0.2, 0.25) is 0 Å². The van der Waals surface area contributed by atoms with E-state index in [0.29, 0.717) is 18.5 Å². The first-order valence-corrected chi connectivity index (χ1v) is 6.31. The lowest BCUT2D eigenvalue weighted by Gasteiger charge is -2.06. The van der Waals surface area contributed by atoms with Crippen LogP contribution in [0.15, 0.2) is 54.6 Å². The average molecular weight is 255 g/mol. The quantitative estimate of drug-likeness (QED) is 0.860. The molecule has 0 bridgehead atoms. The van der Waals surface area contributed by atoms with Crippen molar-refractivity contribution in [3.05, 3.63) is 71.3 Å². The van der Waals surface area contributed by atoms with Gasteiger partial charge in [0, 0.05) is 18.7 Å². The van der Waals surface area contributed by atoms with Crippen LogP contribution in [0.4, 0.5) is 0 Å². The predicted molar refractivity (Wildman–Crippen MR) is 74.8 cm³/mol. The lowest BCUT2D eigenvalue weighted by Crippen LogP contribution is -2.22. The predicted octanol–water partition coefficient (Wildman–Crippen LogP) is 2.15. The first kappa shape index (κ1) is 13.3. The minimum atomic E-state index is -0.0839. The number of benzene rings is 2. The monoisotopic (exact) mass is 255 g/mol. The van der Waals surface area contributed by atoms with E-state index in [0.717, 1.165) is 11.1 Å². The van der Waals surface area contributed by atoms with Crippen molar-refractivity contribution in [1.82, 2.24) is 5.32 Å². The molecule has 0 unspecified atom stereocenters. The van der Waals surface area contributed by atoms with E-state index in [1.54, 1.807) is 12.1 Å². The summed E-state index contributed by atoms with van der Waals surface area (Å²) in [6.07, 6.45) is 0.617. The molecule has 98 valence electrons. The van der Waals surface area contributed by atoms with E-state index in [-0.39, 0.29) is 12.5 Å². The van der Waals surface area contributed by atoms with Gasteiger partial charge in [-0.1, -0.05) is 42.5 Å². The topological polar surface area (TPSA) is 49.3 Å². The summed E-state index contributed by atoms with van der Waals surface area (Å²) in [6, 6.07) is 17.1. The number of hydrogen-bond donors (Lipinski definition) is 2. The van der Waals surface area contributed by atoms with Gasteiger partial charge in [-0.2, -0.15) is 0 Å². The molecule has 0 aromatic heterocycles. The number of nitrogens with one attached hydrogen (secondary N) is 1. The maximum atomic E-state index is 11.9. The Morgan fingerprint density at radius 1 is 0.947 bits per heavy atom. The van der Waals surface area contributed by atoms with Crippen molar-refractivity contribution in [3.8, 4) is 0 Å². The van der Waals surface area contributed by atoms with Crippen molar-refractivity contribution in [2.75, 3.05) is 6.61 Å². The number of amides is 1. The van der Waals surface area contributed by atoms with Crippen molar-refractivity contribution < 1.29 is 9.90 Å². The van der Waals surface area contributed by atoms with Crippen LogP contribution in [0.5, 0.6) is 0 Å². The molecule has 3 nitrogen and oxygen atoms in total. The number of aliphatic hydroxyl groups excluding tert-OH is 1. The molecule has 3 heteroatoms. The van der Waals surface area contributed by atoms with Crippen LogP contribution in [0.1, 0.15) is 21.5 Å². The first-order valence-electron chi connectivity index (χ1n) is 6.31. The third-order valence-corrected chi connectivity index (χ3v) is 2.91. The number of carbonyl (C=O) groups is 1. The largest absolute Gasteiger partial charge is 0.396 e. The summed E-state index contributed by atoms with van der Waals surface area (Å²) < 4.78 is 0. The third-order valence-electron chi connectivity index (χ3n) is 2.91. The van der Waals surface area contributed by atoms with Gasteiger partial charge in [-0.25, -0.2) is 0 Å². The summed E-state index contributed by atoms with van der Waals surface area (Å²) in [5, 5.41) is 11.7. The second kappa shape index (κ2) is 6.71. The van der Waals surface area contributed by atoms with Crippen LogP contribution >= 0.6 is 0 Å². The molecule has 2 rings (SSSR count). The van der Waals surface area contributed by atoms with E-state index in [1.165, 1.54) is 0 Å². The Morgan fingerprint density at radius 3 is 2.26 bits per heavy atom. The van der Waals surface area contributed by atoms with Crippen LogP contribution in [0, 0.1) is 0 Å². The highest BCUT2D eigenvalue weighted by Gasteiger charge is 2.04. The van der Waals surface area contributed by atoms with Crippen molar-refractivity contribution in [1.29, 1.82) is 0 Å². The number of rotatable bonds is 5. The SMILES string of the molecule is O=C(NCc1ccccc1)c1ccc(CCO)cc1. The van der Waals surface area contributed by atoms with E-state index < -0.39 is 0 Å². The highest BCUT2D eigenvalue weighted by Crippen LogP contribution is 2.06. The molecule has 2 N–H and O–H groups in total. The molecule has 0 saturated heterocycles. The zero-order valence-electron chi connectivity index (χ0n) is 10.7. The summed E-state index contributed by atoms with van der Waals surface area (Å²) >= 11 is 0. The third kappa shape index (κ3) is 3.93. The number of hydrogen-bond acceptors (Lipinski definition) is 2. The fourth-order valence-electron chi connectivity index (χ4n) is 1.83. The Balaban J connectivity index is 1.92. The van der Waals surface area contributed by atoms with Crippen LogP contribution < -0.4 is 5.32 Å². The van der Waals surface area contributed by atoms with Gasteiger partial charge in [0.1, 0.15) is 0 Å². The van der Waals surface area contributed by atoms with E-state index in [1.807, 2.05) is 42.5 Å². The molecule has 2 aromatic rings. The lowest BCUT2D eigenvalue weighted by molar-refractivity contribution is 0.0951. The highest BCUT2D eigenvalue weighted by molar-refractivity contribution is 5.94. The smallest absolute Gasteiger partial charge is 0.251 e. The summed E-state index contributed by atoms with van der Waals surface area (Å²) in [5.41, 5.74) is 2.74. The Bertz CT molecular complexity index is 520. The van der Waals surface area contributed by atoms with Crippen molar-refractivity contribution >= 4 is 5.91 Å². The van der Waals surface area contributed by atoms with Crippen molar-refractivity contribution in [2.24, 2.45) is 0 Å². The van der Waals surface area contributed by atoms with Crippen LogP contribution in [-0.2, 0) is 13.0 Å². The molecule has 2 aromatic carbocycles. The summed E-state index contributed by atoms with van der Waals surface area (Å²) in [7, 11) is 0. The van der Waals surface area contributed by atoms with Crippen LogP contribution in [0.3, 0.4) is 0 Å². The Hall–Kier alpha value is -2.13. The first-order chi connectivity index (χ1) is 9.29. The van der Waals surface area contributed by atoms with E-state index >= 15 is 0 Å². The molecule has 0 aliphatic heterocycles. The molecule has 0 atom stereocenters. The molecular formula is C16H17NO2. The Morgan fingerprint density at radius 2 is 1.63 bits per heavy atom. The van der Waals surface area contributed by atoms with E-state index in [9.17, 15) is 4.79 Å². The second-order valence-corrected chi connectivity index (χ2v) is 4.34. The van der Waals surface area contributed by atoms with Gasteiger partial charge in [-0.3, -0.25) is 4.79 Å². The molecule has 0 radical (unpaired) electrons. The zero-order valence-corrected chi connectivity index (χ0v) is 10.7. The fourth-order valence-corrected chi connectivity index (χ4v) is 1.83. The number of aliphatic hydroxyl groups is 1. The van der Waals surface area contributed by atoms with E-state index in [2.05, 4.69) is 5.32 Å². The van der Waals surface area contributed by atoms with Crippen molar-refractivity contribution in [2.45, 2.75) is 13.0 Å². The molecular weight excluding hydrogens is 238 g/mol. The maximum Gasteiger partial charge on any atom is 0.251 e. The second-order valence-electron chi connectivity index (χ2n) is 4.34. The Kier molecular flexibility index (Phi) is 4.70. The van der Waals surface area contributed by atoms with Gasteiger partial charge in [0.25, 0.3) is 5.91 Å². The normalized spacial score (nSPS) is 10.2. The van der Waals surface area contributed by atoms with E-state index in [4.69, 9.17) is 5.11 Å². The van der Waals surface area contributed by atoms with Gasteiger partial charge in [0.2, 0.25) is 0 Å². The van der Waals surface area contributed by atoms with Crippen molar-refractivity contribution in [3.63, 3.8) is 0 Å². The summed E-state index contributed by atoms with van der Waals surface area (Å²) in [6.45, 7) is 0.650. The standard InChI is InChI=1S/C16H17NO2/c18-11-10-13-6-8-15(9-7-13)16(19)17-12-14-4-2-1-3-5-14/h1-9,18H,10-12H2,(H,17,19). The average Bonchev–Trinajstić information content (AvgIpc) is 2.47. The fraction of sp³-hybridized carbons (Fsp3) is 0.188. The van der Waals surface area contributed by atoms with Crippen LogP contribution in [0.25, 0.3) is 0 Å². The molecule has 0 spiro atoms. The van der Waals surface area contributed by atoms with Gasteiger partial charge >= 0.3 is 0 Å². The van der Waals surface area contributed by atoms with Gasteiger partial charge in [-0.05, 0) is 29.7 Å². The zero-order chi connectivity index (χ0) is 13.5. The minimum Gasteiger partial charge on any atom is -0.396 e. The molecule has 0 saturated carbocycles. The summed E-state index contributed by atoms with van der Waals surface area (Å²) in [5.74, 6) is -0.0839. The molecule has 1 amide bonds. The molecule has 0 aliphatic carbocycles. The summed E-state index contributed by atoms with van der Waals surface area (Å²) in [4.78, 5) is 11.9. The number of carbonyl (C=O) groups excluding carboxylic acids is 1. The van der Waals surface area contributed by atoms with Gasteiger partial charge in [0.15, 0.2) is 0 Å². The van der Waals surface area contributed by atoms with Gasteiger partial charge in [-0.15, -0.1) is 0 Å². The molecule has 0 fully saturated rings. The lowest BCUT2D eigenvalue weighted by atomic mass is 10.1. The molecule has 0 heterocycles. The molecule has 19 heavy (non-hydrogen) atoms. The van der Waals surface area contributed by atoms with Gasteiger partial charge < -0.3 is 10.4 Å². The van der Waals surface area contributed by atoms with Crippen LogP contribution in [-0.4, -0.2) is 17.6 Å². The maximum absolute atomic E-state index is 11.9. The highest BCUT2D eigenvalue weighted by atomic mass is 16.2. The van der Waals surface area contributed by atoms with Gasteiger partial charge in [0.05, 0.1) is 0 Å². The Labute approximate surface area is 112 Å². The minimum absolute atomic E-state index is 0.0839.